The van der Waals surface area contributed by atoms with Crippen LogP contribution in [0, 0.1) is 0 Å². The number of amides is 1. The third-order valence-electron chi connectivity index (χ3n) is 3.34. The van der Waals surface area contributed by atoms with Crippen molar-refractivity contribution in [2.75, 3.05) is 0 Å². The minimum atomic E-state index is -4.49. The molecule has 0 heterocycles. The summed E-state index contributed by atoms with van der Waals surface area (Å²) in [5.74, 6) is -1.59. The number of benzene rings is 1. The van der Waals surface area contributed by atoms with Crippen LogP contribution in [0.4, 0.5) is 13.2 Å². The molecule has 0 bridgehead atoms. The van der Waals surface area contributed by atoms with E-state index in [0.717, 1.165) is 12.1 Å². The fourth-order valence-corrected chi connectivity index (χ4v) is 1.93. The number of aliphatic carboxylic acids is 1. The molecule has 0 saturated carbocycles. The van der Waals surface area contributed by atoms with Gasteiger partial charge < -0.3 is 10.4 Å². The molecule has 0 aromatic heterocycles. The van der Waals surface area contributed by atoms with E-state index in [1.165, 1.54) is 32.9 Å². The lowest BCUT2D eigenvalue weighted by Crippen LogP contribution is -2.44. The van der Waals surface area contributed by atoms with E-state index in [9.17, 15) is 22.8 Å². The summed E-state index contributed by atoms with van der Waals surface area (Å²) in [6.45, 7) is 4.50. The lowest BCUT2D eigenvalue weighted by molar-refractivity contribution is -0.139. The summed E-state index contributed by atoms with van der Waals surface area (Å²) >= 11 is 0. The summed E-state index contributed by atoms with van der Waals surface area (Å²) in [5.41, 5.74) is -1.83. The largest absolute Gasteiger partial charge is 0.481 e. The van der Waals surface area contributed by atoms with Crippen LogP contribution in [0.25, 0.3) is 0 Å². The van der Waals surface area contributed by atoms with Gasteiger partial charge in [-0.3, -0.25) is 9.59 Å². The molecule has 0 saturated heterocycles. The summed E-state index contributed by atoms with van der Waals surface area (Å²) in [6.07, 6.45) is -4.75. The third-order valence-corrected chi connectivity index (χ3v) is 3.34. The zero-order valence-electron chi connectivity index (χ0n) is 12.5. The zero-order chi connectivity index (χ0) is 17.1. The number of carbonyl (C=O) groups excluding carboxylic acids is 1. The Labute approximate surface area is 126 Å². The first-order valence-corrected chi connectivity index (χ1v) is 6.65. The Hall–Kier alpha value is -2.05. The molecule has 1 aromatic carbocycles. The van der Waals surface area contributed by atoms with Gasteiger partial charge >= 0.3 is 12.1 Å². The average Bonchev–Trinajstić information content (AvgIpc) is 2.36. The Morgan fingerprint density at radius 3 is 2.27 bits per heavy atom. The maximum atomic E-state index is 12.7. The Bertz CT molecular complexity index is 567. The quantitative estimate of drug-likeness (QED) is 0.877. The first-order valence-electron chi connectivity index (χ1n) is 6.65. The van der Waals surface area contributed by atoms with Crippen LogP contribution in [0.1, 0.15) is 38.3 Å². The van der Waals surface area contributed by atoms with Crippen LogP contribution in [0.3, 0.4) is 0 Å². The molecule has 0 radical (unpaired) electrons. The number of hydrogen-bond acceptors (Lipinski definition) is 2. The Morgan fingerprint density at radius 2 is 1.77 bits per heavy atom. The summed E-state index contributed by atoms with van der Waals surface area (Å²) in [5, 5.41) is 11.2. The molecule has 0 spiro atoms. The smallest absolute Gasteiger partial charge is 0.416 e. The second kappa shape index (κ2) is 6.37. The van der Waals surface area contributed by atoms with Crippen molar-refractivity contribution in [1.82, 2.24) is 5.32 Å². The highest BCUT2D eigenvalue weighted by Gasteiger charge is 2.35. The van der Waals surface area contributed by atoms with E-state index in [0.29, 0.717) is 0 Å². The fourth-order valence-electron chi connectivity index (χ4n) is 1.93. The van der Waals surface area contributed by atoms with Gasteiger partial charge in [0.15, 0.2) is 0 Å². The van der Waals surface area contributed by atoms with Gasteiger partial charge in [0, 0.05) is 6.04 Å². The van der Waals surface area contributed by atoms with Crippen molar-refractivity contribution in [3.8, 4) is 0 Å². The Morgan fingerprint density at radius 1 is 1.23 bits per heavy atom. The van der Waals surface area contributed by atoms with Gasteiger partial charge in [0.05, 0.1) is 17.4 Å². The average molecular weight is 317 g/mol. The molecule has 1 rings (SSSR count). The van der Waals surface area contributed by atoms with Gasteiger partial charge in [-0.15, -0.1) is 0 Å². The van der Waals surface area contributed by atoms with Gasteiger partial charge in [-0.2, -0.15) is 13.2 Å². The SMILES string of the molecule is CC(CC(=O)O)NC(=O)C(C)(C)c1cccc(C(F)(F)F)c1. The number of alkyl halides is 3. The minimum absolute atomic E-state index is 0.211. The van der Waals surface area contributed by atoms with Gasteiger partial charge in [-0.25, -0.2) is 0 Å². The second-order valence-corrected chi connectivity index (χ2v) is 5.68. The first kappa shape index (κ1) is 18.0. The van der Waals surface area contributed by atoms with Crippen LogP contribution in [-0.4, -0.2) is 23.0 Å². The van der Waals surface area contributed by atoms with Crippen LogP contribution >= 0.6 is 0 Å². The predicted molar refractivity (Wildman–Crippen MR) is 74.3 cm³/mol. The number of carbonyl (C=O) groups is 2. The van der Waals surface area contributed by atoms with E-state index in [1.807, 2.05) is 0 Å². The fraction of sp³-hybridized carbons (Fsp3) is 0.467. The number of hydrogen-bond donors (Lipinski definition) is 2. The van der Waals surface area contributed by atoms with Gasteiger partial charge in [-0.1, -0.05) is 18.2 Å². The molecule has 0 aliphatic rings. The standard InChI is InChI=1S/C15H18F3NO3/c1-9(7-12(20)21)19-13(22)14(2,3)10-5-4-6-11(8-10)15(16,17)18/h4-6,8-9H,7H2,1-3H3,(H,19,22)(H,20,21). The number of carboxylic acids is 1. The highest BCUT2D eigenvalue weighted by atomic mass is 19.4. The number of nitrogens with one attached hydrogen (secondary N) is 1. The van der Waals surface area contributed by atoms with Gasteiger partial charge in [0.1, 0.15) is 0 Å². The zero-order valence-corrected chi connectivity index (χ0v) is 12.5. The topological polar surface area (TPSA) is 66.4 Å². The van der Waals surface area contributed by atoms with E-state index < -0.39 is 35.1 Å². The van der Waals surface area contributed by atoms with Crippen molar-refractivity contribution in [2.45, 2.75) is 44.8 Å². The molecule has 7 heteroatoms. The first-order chi connectivity index (χ1) is 9.94. The summed E-state index contributed by atoms with van der Waals surface area (Å²) < 4.78 is 38.2. The molecular weight excluding hydrogens is 299 g/mol. The molecular formula is C15H18F3NO3. The molecule has 0 fully saturated rings. The van der Waals surface area contributed by atoms with Crippen LogP contribution in [-0.2, 0) is 21.2 Å². The lowest BCUT2D eigenvalue weighted by Gasteiger charge is -2.26. The van der Waals surface area contributed by atoms with Gasteiger partial charge in [0.25, 0.3) is 0 Å². The number of halogens is 3. The van der Waals surface area contributed by atoms with Crippen molar-refractivity contribution < 1.29 is 27.9 Å². The molecule has 2 N–H and O–H groups in total. The lowest BCUT2D eigenvalue weighted by atomic mass is 9.82. The van der Waals surface area contributed by atoms with E-state index in [-0.39, 0.29) is 12.0 Å². The molecule has 1 unspecified atom stereocenters. The molecule has 22 heavy (non-hydrogen) atoms. The summed E-state index contributed by atoms with van der Waals surface area (Å²) in [6, 6.07) is 3.94. The summed E-state index contributed by atoms with van der Waals surface area (Å²) in [7, 11) is 0. The molecule has 0 aliphatic carbocycles. The number of rotatable bonds is 5. The van der Waals surface area contributed by atoms with Crippen LogP contribution in [0.5, 0.6) is 0 Å². The Balaban J connectivity index is 2.98. The van der Waals surface area contributed by atoms with Crippen LogP contribution in [0.15, 0.2) is 24.3 Å². The minimum Gasteiger partial charge on any atom is -0.481 e. The van der Waals surface area contributed by atoms with Crippen molar-refractivity contribution in [2.24, 2.45) is 0 Å². The van der Waals surface area contributed by atoms with E-state index in [2.05, 4.69) is 5.32 Å². The van der Waals surface area contributed by atoms with E-state index >= 15 is 0 Å². The summed E-state index contributed by atoms with van der Waals surface area (Å²) in [4.78, 5) is 22.8. The third kappa shape index (κ3) is 4.47. The van der Waals surface area contributed by atoms with Gasteiger partial charge in [0.2, 0.25) is 5.91 Å². The molecule has 4 nitrogen and oxygen atoms in total. The van der Waals surface area contributed by atoms with Gasteiger partial charge in [-0.05, 0) is 32.4 Å². The molecule has 0 aliphatic heterocycles. The predicted octanol–water partition coefficient (Wildman–Crippen LogP) is 2.96. The maximum absolute atomic E-state index is 12.7. The maximum Gasteiger partial charge on any atom is 0.416 e. The van der Waals surface area contributed by atoms with Crippen LogP contribution < -0.4 is 5.32 Å². The molecule has 1 aromatic rings. The highest BCUT2D eigenvalue weighted by molar-refractivity contribution is 5.88. The Kier molecular flexibility index (Phi) is 5.22. The van der Waals surface area contributed by atoms with Crippen LogP contribution in [0.2, 0.25) is 0 Å². The van der Waals surface area contributed by atoms with E-state index in [1.54, 1.807) is 0 Å². The molecule has 1 amide bonds. The van der Waals surface area contributed by atoms with E-state index in [4.69, 9.17) is 5.11 Å². The second-order valence-electron chi connectivity index (χ2n) is 5.68. The van der Waals surface area contributed by atoms with Crippen molar-refractivity contribution in [3.63, 3.8) is 0 Å². The van der Waals surface area contributed by atoms with Crippen molar-refractivity contribution in [3.05, 3.63) is 35.4 Å². The number of carboxylic acid groups (broad SMARTS) is 1. The monoisotopic (exact) mass is 317 g/mol. The normalized spacial score (nSPS) is 13.5. The highest BCUT2D eigenvalue weighted by Crippen LogP contribution is 2.32. The molecule has 1 atom stereocenters. The molecule has 122 valence electrons. The van der Waals surface area contributed by atoms with Crippen molar-refractivity contribution in [1.29, 1.82) is 0 Å². The van der Waals surface area contributed by atoms with Crippen molar-refractivity contribution >= 4 is 11.9 Å².